The highest BCUT2D eigenvalue weighted by molar-refractivity contribution is 5.65. The monoisotopic (exact) mass is 380 g/mol. The Kier molecular flexibility index (Phi) is 7.28. The second kappa shape index (κ2) is 8.89. The van der Waals surface area contributed by atoms with Crippen LogP contribution in [0.5, 0.6) is 0 Å². The summed E-state index contributed by atoms with van der Waals surface area (Å²) in [7, 11) is 0. The lowest BCUT2D eigenvalue weighted by atomic mass is 9.63. The van der Waals surface area contributed by atoms with Gasteiger partial charge in [0.2, 0.25) is 0 Å². The van der Waals surface area contributed by atoms with Gasteiger partial charge in [-0.25, -0.2) is 0 Å². The number of allylic oxidation sites excluding steroid dienone is 3. The van der Waals surface area contributed by atoms with Gasteiger partial charge in [0.05, 0.1) is 24.9 Å². The number of rotatable bonds is 6. The molecule has 2 bridgehead atoms. The summed E-state index contributed by atoms with van der Waals surface area (Å²) < 4.78 is 5.34. The summed E-state index contributed by atoms with van der Waals surface area (Å²) in [6.07, 6.45) is 7.50. The number of carbonyl (C=O) groups excluding carboxylic acids is 1. The molecule has 0 spiro atoms. The van der Waals surface area contributed by atoms with Crippen molar-refractivity contribution in [2.24, 2.45) is 17.3 Å². The van der Waals surface area contributed by atoms with Gasteiger partial charge in [0, 0.05) is 12.8 Å². The molecule has 27 heavy (non-hydrogen) atoms. The minimum atomic E-state index is -1.00. The van der Waals surface area contributed by atoms with E-state index in [0.717, 1.165) is 24.8 Å². The number of aliphatic hydroxyl groups is 3. The molecule has 0 aromatic carbocycles. The van der Waals surface area contributed by atoms with Crippen molar-refractivity contribution in [2.45, 2.75) is 77.9 Å². The summed E-state index contributed by atoms with van der Waals surface area (Å²) in [6, 6.07) is 0. The van der Waals surface area contributed by atoms with Crippen molar-refractivity contribution >= 4 is 5.97 Å². The molecule has 0 heterocycles. The molecule has 2 rings (SSSR count). The lowest BCUT2D eigenvalue weighted by molar-refractivity contribution is -0.157. The third kappa shape index (κ3) is 5.21. The summed E-state index contributed by atoms with van der Waals surface area (Å²) in [5, 5.41) is 32.1. The van der Waals surface area contributed by atoms with Crippen LogP contribution in [0.4, 0.5) is 0 Å². The molecule has 0 saturated heterocycles. The second-order valence-electron chi connectivity index (χ2n) is 9.00. The molecule has 2 aliphatic rings. The van der Waals surface area contributed by atoms with E-state index in [0.29, 0.717) is 19.3 Å². The third-order valence-electron chi connectivity index (χ3n) is 6.60. The summed E-state index contributed by atoms with van der Waals surface area (Å²) in [6.45, 7) is 7.56. The highest BCUT2D eigenvalue weighted by atomic mass is 16.5. The Hall–Kier alpha value is -1.17. The molecule has 5 unspecified atom stereocenters. The zero-order valence-corrected chi connectivity index (χ0v) is 17.2. The van der Waals surface area contributed by atoms with Gasteiger partial charge in [-0.15, -0.1) is 0 Å². The summed E-state index contributed by atoms with van der Waals surface area (Å²) >= 11 is 0. The van der Waals surface area contributed by atoms with Crippen LogP contribution in [0.25, 0.3) is 0 Å². The minimum absolute atomic E-state index is 0.0722. The Bertz CT molecular complexity index is 592. The number of fused-ring (bicyclic) bond motifs is 2. The van der Waals surface area contributed by atoms with Gasteiger partial charge in [-0.1, -0.05) is 24.6 Å². The smallest absolute Gasteiger partial charge is 0.302 e. The first-order valence-corrected chi connectivity index (χ1v) is 10.1. The Morgan fingerprint density at radius 1 is 1.19 bits per heavy atom. The van der Waals surface area contributed by atoms with Gasteiger partial charge in [0.1, 0.15) is 0 Å². The molecule has 5 atom stereocenters. The van der Waals surface area contributed by atoms with E-state index in [1.54, 1.807) is 0 Å². The van der Waals surface area contributed by atoms with Crippen molar-refractivity contribution in [1.29, 1.82) is 0 Å². The van der Waals surface area contributed by atoms with Gasteiger partial charge < -0.3 is 20.1 Å². The van der Waals surface area contributed by atoms with E-state index in [9.17, 15) is 20.1 Å². The van der Waals surface area contributed by atoms with E-state index in [2.05, 4.69) is 6.08 Å². The highest BCUT2D eigenvalue weighted by Gasteiger charge is 2.54. The van der Waals surface area contributed by atoms with Crippen LogP contribution < -0.4 is 0 Å². The summed E-state index contributed by atoms with van der Waals surface area (Å²) in [5.74, 6) is -0.711. The van der Waals surface area contributed by atoms with Gasteiger partial charge in [-0.3, -0.25) is 4.79 Å². The number of carbonyl (C=O) groups is 1. The van der Waals surface area contributed by atoms with E-state index in [1.807, 2.05) is 26.8 Å². The molecule has 0 amide bonds. The van der Waals surface area contributed by atoms with Crippen LogP contribution in [0.3, 0.4) is 0 Å². The predicted molar refractivity (Wildman–Crippen MR) is 105 cm³/mol. The normalized spacial score (nSPS) is 36.7. The number of hydrogen-bond acceptors (Lipinski definition) is 5. The lowest BCUT2D eigenvalue weighted by Crippen LogP contribution is -2.52. The molecule has 3 N–H and O–H groups in total. The fourth-order valence-electron chi connectivity index (χ4n) is 4.97. The van der Waals surface area contributed by atoms with Gasteiger partial charge in [-0.05, 0) is 69.3 Å². The summed E-state index contributed by atoms with van der Waals surface area (Å²) in [4.78, 5) is 11.4. The van der Waals surface area contributed by atoms with Crippen molar-refractivity contribution in [2.75, 3.05) is 13.2 Å². The molecule has 0 aromatic rings. The van der Waals surface area contributed by atoms with Crippen molar-refractivity contribution in [3.8, 4) is 0 Å². The number of aliphatic hydroxyl groups excluding tert-OH is 2. The van der Waals surface area contributed by atoms with Crippen LogP contribution in [-0.2, 0) is 9.53 Å². The van der Waals surface area contributed by atoms with E-state index in [1.165, 1.54) is 12.5 Å². The van der Waals surface area contributed by atoms with Crippen LogP contribution in [0.15, 0.2) is 23.3 Å². The zero-order chi connectivity index (χ0) is 20.2. The molecule has 5 nitrogen and oxygen atoms in total. The first-order chi connectivity index (χ1) is 12.6. The SMILES string of the molecule is CC(=O)OCC1C(C(=CCC=C(C)C)CO)CCC2(C)CC1(O)CCC2O. The van der Waals surface area contributed by atoms with E-state index >= 15 is 0 Å². The average molecular weight is 381 g/mol. The maximum absolute atomic E-state index is 11.5. The van der Waals surface area contributed by atoms with Crippen molar-refractivity contribution in [3.05, 3.63) is 23.3 Å². The van der Waals surface area contributed by atoms with Gasteiger partial charge in [-0.2, -0.15) is 0 Å². The quantitative estimate of drug-likeness (QED) is 0.487. The molecule has 5 heteroatoms. The van der Waals surface area contributed by atoms with Crippen LogP contribution >= 0.6 is 0 Å². The van der Waals surface area contributed by atoms with Crippen LogP contribution in [-0.4, -0.2) is 46.2 Å². The first-order valence-electron chi connectivity index (χ1n) is 10.1. The Labute approximate surface area is 163 Å². The molecule has 0 aliphatic heterocycles. The van der Waals surface area contributed by atoms with Crippen LogP contribution in [0.1, 0.15) is 66.2 Å². The van der Waals surface area contributed by atoms with E-state index in [4.69, 9.17) is 4.74 Å². The number of hydrogen-bond donors (Lipinski definition) is 3. The maximum atomic E-state index is 11.5. The molecule has 2 aliphatic carbocycles. The molecular formula is C22H36O5. The van der Waals surface area contributed by atoms with Crippen molar-refractivity contribution < 1.29 is 24.9 Å². The fourth-order valence-corrected chi connectivity index (χ4v) is 4.97. The Morgan fingerprint density at radius 2 is 1.89 bits per heavy atom. The van der Waals surface area contributed by atoms with Crippen molar-refractivity contribution in [3.63, 3.8) is 0 Å². The molecule has 2 fully saturated rings. The fraction of sp³-hybridized carbons (Fsp3) is 0.773. The number of ether oxygens (including phenoxy) is 1. The van der Waals surface area contributed by atoms with E-state index < -0.39 is 11.7 Å². The minimum Gasteiger partial charge on any atom is -0.465 e. The number of esters is 1. The average Bonchev–Trinajstić information content (AvgIpc) is 2.67. The van der Waals surface area contributed by atoms with E-state index in [-0.39, 0.29) is 36.4 Å². The maximum Gasteiger partial charge on any atom is 0.302 e. The van der Waals surface area contributed by atoms with Crippen LogP contribution in [0.2, 0.25) is 0 Å². The predicted octanol–water partition coefficient (Wildman–Crippen LogP) is 3.13. The van der Waals surface area contributed by atoms with Gasteiger partial charge in [0.25, 0.3) is 0 Å². The molecular weight excluding hydrogens is 344 g/mol. The van der Waals surface area contributed by atoms with Gasteiger partial charge >= 0.3 is 5.97 Å². The second-order valence-corrected chi connectivity index (χ2v) is 9.00. The zero-order valence-electron chi connectivity index (χ0n) is 17.2. The van der Waals surface area contributed by atoms with Crippen LogP contribution in [0, 0.1) is 17.3 Å². The van der Waals surface area contributed by atoms with Gasteiger partial charge in [0.15, 0.2) is 0 Å². The Morgan fingerprint density at radius 3 is 2.48 bits per heavy atom. The summed E-state index contributed by atoms with van der Waals surface area (Å²) in [5.41, 5.74) is 0.751. The van der Waals surface area contributed by atoms with Crippen molar-refractivity contribution in [1.82, 2.24) is 0 Å². The standard InChI is InChI=1S/C22H36O5/c1-15(2)6-5-7-17(12-23)18-8-10-21(4)14-22(26,11-9-20(21)25)19(18)13-27-16(3)24/h6-7,18-20,23,25-26H,5,8-14H2,1-4H3. The molecule has 0 aromatic heterocycles. The largest absolute Gasteiger partial charge is 0.465 e. The molecule has 2 saturated carbocycles. The molecule has 0 radical (unpaired) electrons. The third-order valence-corrected chi connectivity index (χ3v) is 6.60. The Balaban J connectivity index is 2.38. The molecule has 154 valence electrons. The highest BCUT2D eigenvalue weighted by Crippen LogP contribution is 2.54. The topological polar surface area (TPSA) is 87.0 Å². The first kappa shape index (κ1) is 22.1. The lowest BCUT2D eigenvalue weighted by Gasteiger charge is -2.48.